The van der Waals surface area contributed by atoms with Crippen LogP contribution in [-0.4, -0.2) is 15.8 Å². The van der Waals surface area contributed by atoms with Gasteiger partial charge in [-0.1, -0.05) is 36.4 Å². The fourth-order valence-corrected chi connectivity index (χ4v) is 3.18. The second-order valence-electron chi connectivity index (χ2n) is 6.24. The summed E-state index contributed by atoms with van der Waals surface area (Å²) in [6, 6.07) is 22.4. The number of hydrogen-bond acceptors (Lipinski definition) is 4. The lowest BCUT2D eigenvalue weighted by Crippen LogP contribution is -2.15. The molecule has 2 heterocycles. The third kappa shape index (κ3) is 3.11. The van der Waals surface area contributed by atoms with E-state index in [1.807, 2.05) is 72.2 Å². The van der Waals surface area contributed by atoms with Crippen molar-refractivity contribution in [2.45, 2.75) is 6.92 Å². The highest BCUT2D eigenvalue weighted by Gasteiger charge is 2.15. The van der Waals surface area contributed by atoms with Crippen LogP contribution in [0.3, 0.4) is 0 Å². The second kappa shape index (κ2) is 6.88. The van der Waals surface area contributed by atoms with Gasteiger partial charge in [-0.05, 0) is 42.8 Å². The van der Waals surface area contributed by atoms with Crippen molar-refractivity contribution in [2.24, 2.45) is 0 Å². The third-order valence-electron chi connectivity index (χ3n) is 4.37. The first-order chi connectivity index (χ1) is 13.2. The predicted octanol–water partition coefficient (Wildman–Crippen LogP) is 4.25. The molecule has 0 aliphatic rings. The van der Waals surface area contributed by atoms with Crippen LogP contribution in [0.25, 0.3) is 16.7 Å². The molecule has 4 rings (SSSR count). The molecule has 0 saturated carbocycles. The number of carbonyl (C=O) groups is 1. The minimum atomic E-state index is -0.141. The molecule has 2 aromatic heterocycles. The molecule has 0 amide bonds. The molecule has 0 atom stereocenters. The predicted molar refractivity (Wildman–Crippen MR) is 107 cm³/mol. The van der Waals surface area contributed by atoms with E-state index in [0.29, 0.717) is 28.8 Å². The largest absolute Gasteiger partial charge is 0.341 e. The van der Waals surface area contributed by atoms with Crippen molar-refractivity contribution < 1.29 is 4.79 Å². The lowest BCUT2D eigenvalue weighted by atomic mass is 10.1. The number of nitrogens with zero attached hydrogens (tertiary/aromatic N) is 2. The summed E-state index contributed by atoms with van der Waals surface area (Å²) in [5.74, 6) is 0.583. The van der Waals surface area contributed by atoms with E-state index >= 15 is 0 Å². The molecule has 2 aromatic carbocycles. The topological polar surface area (TPSA) is 64.0 Å². The third-order valence-corrected chi connectivity index (χ3v) is 4.37. The Morgan fingerprint density at radius 1 is 0.963 bits per heavy atom. The van der Waals surface area contributed by atoms with Gasteiger partial charge in [0.1, 0.15) is 11.5 Å². The van der Waals surface area contributed by atoms with Crippen molar-refractivity contribution in [3.05, 3.63) is 94.3 Å². The fraction of sp³-hybridized carbons (Fsp3) is 0.0455. The van der Waals surface area contributed by atoms with E-state index in [1.165, 1.54) is 0 Å². The molecule has 1 N–H and O–H groups in total. The molecule has 0 radical (unpaired) electrons. The molecule has 0 bridgehead atoms. The molecule has 4 aromatic rings. The van der Waals surface area contributed by atoms with E-state index < -0.39 is 0 Å². The van der Waals surface area contributed by atoms with Crippen LogP contribution in [0.4, 0.5) is 11.5 Å². The lowest BCUT2D eigenvalue weighted by molar-refractivity contribution is 0.111. The average Bonchev–Trinajstić information content (AvgIpc) is 2.69. The Morgan fingerprint density at radius 2 is 1.63 bits per heavy atom. The molecule has 0 unspecified atom stereocenters. The van der Waals surface area contributed by atoms with Gasteiger partial charge in [-0.25, -0.2) is 4.98 Å². The Balaban J connectivity index is 2.08. The van der Waals surface area contributed by atoms with Gasteiger partial charge in [-0.3, -0.25) is 14.2 Å². The highest BCUT2D eigenvalue weighted by Crippen LogP contribution is 2.25. The number of anilines is 2. The van der Waals surface area contributed by atoms with Gasteiger partial charge in [0, 0.05) is 17.4 Å². The number of benzene rings is 2. The first-order valence-corrected chi connectivity index (χ1v) is 8.57. The van der Waals surface area contributed by atoms with Gasteiger partial charge >= 0.3 is 0 Å². The number of nitrogens with one attached hydrogen (secondary N) is 1. The molecular formula is C22H17N3O2. The highest BCUT2D eigenvalue weighted by molar-refractivity contribution is 5.87. The van der Waals surface area contributed by atoms with E-state index in [2.05, 4.69) is 10.3 Å². The summed E-state index contributed by atoms with van der Waals surface area (Å²) in [6.45, 7) is 1.82. The Kier molecular flexibility index (Phi) is 4.26. The van der Waals surface area contributed by atoms with Gasteiger partial charge in [0.25, 0.3) is 0 Å². The van der Waals surface area contributed by atoms with Crippen LogP contribution in [0.1, 0.15) is 16.1 Å². The maximum Gasteiger partial charge on any atom is 0.193 e. The standard InChI is InChI=1S/C22H17N3O2/c1-15-12-17(14-26)24-22-21(15)19(27)13-20(23-16-8-4-2-5-9-16)25(22)18-10-6-3-7-11-18/h2-14,23H,1H3. The van der Waals surface area contributed by atoms with Crippen molar-refractivity contribution in [1.29, 1.82) is 0 Å². The second-order valence-corrected chi connectivity index (χ2v) is 6.24. The number of rotatable bonds is 4. The van der Waals surface area contributed by atoms with Crippen molar-refractivity contribution in [2.75, 3.05) is 5.32 Å². The summed E-state index contributed by atoms with van der Waals surface area (Å²) < 4.78 is 1.86. The van der Waals surface area contributed by atoms with Crippen molar-refractivity contribution in [1.82, 2.24) is 9.55 Å². The van der Waals surface area contributed by atoms with Gasteiger partial charge in [-0.15, -0.1) is 0 Å². The Hall–Kier alpha value is -3.73. The van der Waals surface area contributed by atoms with Crippen LogP contribution in [0.15, 0.2) is 77.6 Å². The molecule has 0 spiro atoms. The Bertz CT molecular complexity index is 1180. The number of aryl methyl sites for hydroxylation is 1. The van der Waals surface area contributed by atoms with E-state index in [4.69, 9.17) is 0 Å². The van der Waals surface area contributed by atoms with Crippen LogP contribution in [0, 0.1) is 6.92 Å². The minimum Gasteiger partial charge on any atom is -0.341 e. The fourth-order valence-electron chi connectivity index (χ4n) is 3.18. The summed E-state index contributed by atoms with van der Waals surface area (Å²) in [7, 11) is 0. The van der Waals surface area contributed by atoms with Crippen LogP contribution in [0.5, 0.6) is 0 Å². The zero-order valence-corrected chi connectivity index (χ0v) is 14.7. The van der Waals surface area contributed by atoms with Crippen LogP contribution in [0.2, 0.25) is 0 Å². The molecule has 0 aliphatic heterocycles. The summed E-state index contributed by atoms with van der Waals surface area (Å²) in [4.78, 5) is 28.6. The molecule has 0 fully saturated rings. The average molecular weight is 355 g/mol. The smallest absolute Gasteiger partial charge is 0.193 e. The first kappa shape index (κ1) is 16.7. The summed E-state index contributed by atoms with van der Waals surface area (Å²) in [6.07, 6.45) is 0.698. The van der Waals surface area contributed by atoms with Crippen molar-refractivity contribution in [3.63, 3.8) is 0 Å². The van der Waals surface area contributed by atoms with E-state index in [0.717, 1.165) is 16.9 Å². The van der Waals surface area contributed by atoms with Gasteiger partial charge in [-0.2, -0.15) is 0 Å². The zero-order valence-electron chi connectivity index (χ0n) is 14.7. The molecule has 5 nitrogen and oxygen atoms in total. The number of para-hydroxylation sites is 2. The number of aromatic nitrogens is 2. The molecule has 132 valence electrons. The van der Waals surface area contributed by atoms with Gasteiger partial charge in [0.15, 0.2) is 17.4 Å². The Morgan fingerprint density at radius 3 is 2.30 bits per heavy atom. The highest BCUT2D eigenvalue weighted by atomic mass is 16.1. The molecular weight excluding hydrogens is 338 g/mol. The first-order valence-electron chi connectivity index (χ1n) is 8.57. The molecule has 5 heteroatoms. The lowest BCUT2D eigenvalue weighted by Gasteiger charge is -2.18. The summed E-state index contributed by atoms with van der Waals surface area (Å²) in [5.41, 5.74) is 3.02. The number of aldehydes is 1. The summed E-state index contributed by atoms with van der Waals surface area (Å²) in [5, 5.41) is 3.80. The van der Waals surface area contributed by atoms with Crippen molar-refractivity contribution >= 4 is 28.8 Å². The molecule has 0 aliphatic carbocycles. The zero-order chi connectivity index (χ0) is 18.8. The summed E-state index contributed by atoms with van der Waals surface area (Å²) >= 11 is 0. The Labute approximate surface area is 155 Å². The van der Waals surface area contributed by atoms with E-state index in [1.54, 1.807) is 12.1 Å². The molecule has 0 saturated heterocycles. The molecule has 27 heavy (non-hydrogen) atoms. The SMILES string of the molecule is Cc1cc(C=O)nc2c1c(=O)cc(Nc1ccccc1)n2-c1ccccc1. The van der Waals surface area contributed by atoms with E-state index in [9.17, 15) is 9.59 Å². The number of carbonyl (C=O) groups excluding carboxylic acids is 1. The van der Waals surface area contributed by atoms with E-state index in [-0.39, 0.29) is 5.43 Å². The van der Waals surface area contributed by atoms with Crippen LogP contribution >= 0.6 is 0 Å². The van der Waals surface area contributed by atoms with Crippen molar-refractivity contribution in [3.8, 4) is 5.69 Å². The number of pyridine rings is 2. The minimum absolute atomic E-state index is 0.141. The maximum absolute atomic E-state index is 12.8. The number of fused-ring (bicyclic) bond motifs is 1. The van der Waals surface area contributed by atoms with Crippen LogP contribution in [-0.2, 0) is 0 Å². The van der Waals surface area contributed by atoms with Crippen LogP contribution < -0.4 is 10.7 Å². The quantitative estimate of drug-likeness (QED) is 0.556. The number of hydrogen-bond donors (Lipinski definition) is 1. The van der Waals surface area contributed by atoms with Gasteiger partial charge in [0.2, 0.25) is 0 Å². The normalized spacial score (nSPS) is 10.7. The van der Waals surface area contributed by atoms with Gasteiger partial charge < -0.3 is 5.32 Å². The monoisotopic (exact) mass is 355 g/mol. The maximum atomic E-state index is 12.8. The van der Waals surface area contributed by atoms with Gasteiger partial charge in [0.05, 0.1) is 5.39 Å².